The molecule has 25 heavy (non-hydrogen) atoms. The smallest absolute Gasteiger partial charge is 0.241 e. The zero-order chi connectivity index (χ0) is 17.2. The van der Waals surface area contributed by atoms with Crippen molar-refractivity contribution in [3.05, 3.63) is 66.7 Å². The second-order valence-electron chi connectivity index (χ2n) is 7.02. The van der Waals surface area contributed by atoms with Crippen LogP contribution in [0, 0.1) is 11.8 Å². The van der Waals surface area contributed by atoms with E-state index in [1.165, 1.54) is 4.90 Å². The molecule has 5 rings (SSSR count). The van der Waals surface area contributed by atoms with Crippen molar-refractivity contribution in [2.45, 2.75) is 18.6 Å². The van der Waals surface area contributed by atoms with Crippen LogP contribution in [0.3, 0.4) is 0 Å². The van der Waals surface area contributed by atoms with E-state index < -0.39 is 17.4 Å². The number of rotatable bonds is 2. The lowest BCUT2D eigenvalue weighted by molar-refractivity contribution is -0.126. The predicted octanol–water partition coefficient (Wildman–Crippen LogP) is 3.19. The van der Waals surface area contributed by atoms with E-state index in [2.05, 4.69) is 0 Å². The lowest BCUT2D eigenvalue weighted by Crippen LogP contribution is -2.38. The zero-order valence-electron chi connectivity index (χ0n) is 13.8. The Hall–Kier alpha value is -2.72. The predicted molar refractivity (Wildman–Crippen MR) is 93.8 cm³/mol. The van der Waals surface area contributed by atoms with Crippen molar-refractivity contribution < 1.29 is 14.3 Å². The van der Waals surface area contributed by atoms with Gasteiger partial charge in [-0.3, -0.25) is 9.59 Å². The third-order valence-electron chi connectivity index (χ3n) is 5.56. The molecule has 2 aromatic rings. The van der Waals surface area contributed by atoms with E-state index in [9.17, 15) is 9.59 Å². The van der Waals surface area contributed by atoms with Crippen molar-refractivity contribution in [2.24, 2.45) is 11.8 Å². The molecule has 2 aromatic carbocycles. The molecule has 0 aliphatic carbocycles. The molecule has 0 spiro atoms. The first kappa shape index (κ1) is 14.6. The van der Waals surface area contributed by atoms with Gasteiger partial charge < -0.3 is 4.74 Å². The van der Waals surface area contributed by atoms with Crippen molar-refractivity contribution in [3.63, 3.8) is 0 Å². The number of carbonyl (C=O) groups excluding carboxylic acids is 2. The SMILES string of the molecule is C[C@@]12C=C[C@H](O1)[C@@H]1C(=O)N(c3ccccc3-c3ccccc3)C(=O)[C@@H]12. The van der Waals surface area contributed by atoms with Gasteiger partial charge in [0.25, 0.3) is 0 Å². The molecule has 124 valence electrons. The molecule has 0 aromatic heterocycles. The third-order valence-corrected chi connectivity index (χ3v) is 5.56. The Morgan fingerprint density at radius 3 is 2.44 bits per heavy atom. The summed E-state index contributed by atoms with van der Waals surface area (Å²) in [7, 11) is 0. The number of para-hydroxylation sites is 1. The van der Waals surface area contributed by atoms with E-state index in [1.54, 1.807) is 0 Å². The van der Waals surface area contributed by atoms with Gasteiger partial charge in [-0.1, -0.05) is 60.7 Å². The summed E-state index contributed by atoms with van der Waals surface area (Å²) in [5, 5.41) is 0. The molecule has 2 fully saturated rings. The summed E-state index contributed by atoms with van der Waals surface area (Å²) in [6.45, 7) is 1.89. The molecule has 2 amide bonds. The summed E-state index contributed by atoms with van der Waals surface area (Å²) in [6, 6.07) is 17.4. The van der Waals surface area contributed by atoms with Crippen molar-refractivity contribution >= 4 is 17.5 Å². The molecule has 3 heterocycles. The largest absolute Gasteiger partial charge is 0.362 e. The molecule has 2 bridgehead atoms. The summed E-state index contributed by atoms with van der Waals surface area (Å²) in [4.78, 5) is 27.6. The molecule has 0 saturated carbocycles. The summed E-state index contributed by atoms with van der Waals surface area (Å²) >= 11 is 0. The maximum absolute atomic E-state index is 13.2. The summed E-state index contributed by atoms with van der Waals surface area (Å²) < 4.78 is 5.89. The van der Waals surface area contributed by atoms with Gasteiger partial charge in [0.05, 0.1) is 29.2 Å². The van der Waals surface area contributed by atoms with Crippen LogP contribution in [0.4, 0.5) is 5.69 Å². The van der Waals surface area contributed by atoms with E-state index >= 15 is 0 Å². The maximum Gasteiger partial charge on any atom is 0.241 e. The van der Waals surface area contributed by atoms with Crippen molar-refractivity contribution in [1.82, 2.24) is 0 Å². The van der Waals surface area contributed by atoms with Crippen molar-refractivity contribution in [2.75, 3.05) is 4.90 Å². The fourth-order valence-corrected chi connectivity index (χ4v) is 4.42. The minimum Gasteiger partial charge on any atom is -0.362 e. The van der Waals surface area contributed by atoms with Crippen molar-refractivity contribution in [3.8, 4) is 11.1 Å². The molecular formula is C21H17NO3. The van der Waals surface area contributed by atoms with Gasteiger partial charge in [-0.05, 0) is 18.6 Å². The summed E-state index contributed by atoms with van der Waals surface area (Å²) in [5.41, 5.74) is 1.86. The molecule has 3 aliphatic rings. The van der Waals surface area contributed by atoms with Crippen LogP contribution in [-0.4, -0.2) is 23.5 Å². The Kier molecular flexibility index (Phi) is 2.86. The van der Waals surface area contributed by atoms with Crippen LogP contribution in [0.2, 0.25) is 0 Å². The first-order valence-electron chi connectivity index (χ1n) is 8.49. The van der Waals surface area contributed by atoms with Gasteiger partial charge in [-0.15, -0.1) is 0 Å². The van der Waals surface area contributed by atoms with Crippen LogP contribution in [0.25, 0.3) is 11.1 Å². The highest BCUT2D eigenvalue weighted by Gasteiger charge is 2.66. The summed E-state index contributed by atoms with van der Waals surface area (Å²) in [5.74, 6) is -1.16. The Labute approximate surface area is 145 Å². The highest BCUT2D eigenvalue weighted by Crippen LogP contribution is 2.52. The van der Waals surface area contributed by atoms with Gasteiger partial charge >= 0.3 is 0 Å². The Morgan fingerprint density at radius 2 is 1.68 bits per heavy atom. The fourth-order valence-electron chi connectivity index (χ4n) is 4.42. The van der Waals surface area contributed by atoms with E-state index in [-0.39, 0.29) is 17.9 Å². The number of benzene rings is 2. The average Bonchev–Trinajstić information content (AvgIpc) is 3.24. The minimum absolute atomic E-state index is 0.156. The number of amides is 2. The van der Waals surface area contributed by atoms with E-state index in [1.807, 2.05) is 73.7 Å². The minimum atomic E-state index is -0.668. The second-order valence-corrected chi connectivity index (χ2v) is 7.02. The molecule has 3 aliphatic heterocycles. The average molecular weight is 331 g/mol. The van der Waals surface area contributed by atoms with Crippen LogP contribution in [-0.2, 0) is 14.3 Å². The lowest BCUT2D eigenvalue weighted by atomic mass is 9.78. The molecule has 0 radical (unpaired) electrons. The van der Waals surface area contributed by atoms with Crippen LogP contribution in [0.15, 0.2) is 66.7 Å². The number of imide groups is 1. The normalized spacial score (nSPS) is 32.5. The number of fused-ring (bicyclic) bond motifs is 5. The fraction of sp³-hybridized carbons (Fsp3) is 0.238. The quantitative estimate of drug-likeness (QED) is 0.627. The monoisotopic (exact) mass is 331 g/mol. The van der Waals surface area contributed by atoms with Crippen LogP contribution in [0.1, 0.15) is 6.92 Å². The second kappa shape index (κ2) is 4.90. The van der Waals surface area contributed by atoms with E-state index in [0.29, 0.717) is 5.69 Å². The van der Waals surface area contributed by atoms with Gasteiger partial charge in [-0.25, -0.2) is 4.90 Å². The highest BCUT2D eigenvalue weighted by atomic mass is 16.5. The number of carbonyl (C=O) groups is 2. The number of hydrogen-bond donors (Lipinski definition) is 0. The Morgan fingerprint density at radius 1 is 0.960 bits per heavy atom. The molecule has 0 unspecified atom stereocenters. The van der Waals surface area contributed by atoms with Crippen LogP contribution < -0.4 is 4.90 Å². The first-order valence-corrected chi connectivity index (χ1v) is 8.49. The molecule has 4 atom stereocenters. The third kappa shape index (κ3) is 1.86. The van der Waals surface area contributed by atoms with E-state index in [0.717, 1.165) is 11.1 Å². The van der Waals surface area contributed by atoms with Gasteiger partial charge in [0.15, 0.2) is 0 Å². The molecular weight excluding hydrogens is 314 g/mol. The molecule has 4 nitrogen and oxygen atoms in total. The highest BCUT2D eigenvalue weighted by molar-refractivity contribution is 6.24. The number of hydrogen-bond acceptors (Lipinski definition) is 3. The molecule has 0 N–H and O–H groups in total. The van der Waals surface area contributed by atoms with Gasteiger partial charge in [0.1, 0.15) is 0 Å². The lowest BCUT2D eigenvalue weighted by Gasteiger charge is -2.25. The topological polar surface area (TPSA) is 46.6 Å². The van der Waals surface area contributed by atoms with Gasteiger partial charge in [-0.2, -0.15) is 0 Å². The standard InChI is InChI=1S/C21H17NO3/c1-21-12-11-16(25-21)17-18(21)20(24)22(19(17)23)15-10-6-5-9-14(15)13-7-3-2-4-8-13/h2-12,16-18H,1H3/t16-,17-,18+,21-/m0/s1. The van der Waals surface area contributed by atoms with Crippen LogP contribution in [0.5, 0.6) is 0 Å². The summed E-state index contributed by atoms with van der Waals surface area (Å²) in [6.07, 6.45) is 3.55. The van der Waals surface area contributed by atoms with Crippen molar-refractivity contribution in [1.29, 1.82) is 0 Å². The first-order chi connectivity index (χ1) is 12.1. The maximum atomic E-state index is 13.2. The Balaban J connectivity index is 1.63. The number of anilines is 1. The number of nitrogens with zero attached hydrogens (tertiary/aromatic N) is 1. The van der Waals surface area contributed by atoms with Crippen LogP contribution >= 0.6 is 0 Å². The molecule has 4 heteroatoms. The Bertz CT molecular complexity index is 920. The number of ether oxygens (including phenoxy) is 1. The molecule has 2 saturated heterocycles. The van der Waals surface area contributed by atoms with Gasteiger partial charge in [0, 0.05) is 5.56 Å². The van der Waals surface area contributed by atoms with Gasteiger partial charge in [0.2, 0.25) is 11.8 Å². The van der Waals surface area contributed by atoms with E-state index in [4.69, 9.17) is 4.74 Å². The zero-order valence-corrected chi connectivity index (χ0v) is 13.8.